The summed E-state index contributed by atoms with van der Waals surface area (Å²) in [6.07, 6.45) is 6.44. The lowest BCUT2D eigenvalue weighted by molar-refractivity contribution is 0.355. The van der Waals surface area contributed by atoms with Gasteiger partial charge in [0.2, 0.25) is 10.0 Å². The van der Waals surface area contributed by atoms with Crippen molar-refractivity contribution in [3.63, 3.8) is 0 Å². The molecule has 2 rings (SSSR count). The lowest BCUT2D eigenvalue weighted by Gasteiger charge is -2.28. The van der Waals surface area contributed by atoms with Crippen LogP contribution in [0, 0.1) is 5.92 Å². The monoisotopic (exact) mass is 260 g/mol. The van der Waals surface area contributed by atoms with Gasteiger partial charge >= 0.3 is 0 Å². The molecule has 0 bridgehead atoms. The maximum absolute atomic E-state index is 12.3. The molecule has 0 aromatic heterocycles. The lowest BCUT2D eigenvalue weighted by Crippen LogP contribution is -2.40. The second-order valence-corrected chi connectivity index (χ2v) is 7.50. The summed E-state index contributed by atoms with van der Waals surface area (Å²) >= 11 is 0. The molecule has 0 aromatic carbocycles. The Kier molecular flexibility index (Phi) is 4.44. The Morgan fingerprint density at radius 2 is 1.71 bits per heavy atom. The number of hydrogen-bond acceptors (Lipinski definition) is 3. The smallest absolute Gasteiger partial charge is 0.214 e. The van der Waals surface area contributed by atoms with E-state index in [1.807, 2.05) is 0 Å². The Morgan fingerprint density at radius 3 is 2.29 bits per heavy atom. The van der Waals surface area contributed by atoms with E-state index in [0.29, 0.717) is 11.7 Å². The molecule has 1 aliphatic carbocycles. The van der Waals surface area contributed by atoms with E-state index < -0.39 is 10.0 Å². The summed E-state index contributed by atoms with van der Waals surface area (Å²) in [5.74, 6) is 0.701. The third-order valence-corrected chi connectivity index (χ3v) is 6.25. The van der Waals surface area contributed by atoms with Crippen molar-refractivity contribution in [2.45, 2.75) is 44.6 Å². The Balaban J connectivity index is 1.92. The van der Waals surface area contributed by atoms with Gasteiger partial charge < -0.3 is 5.32 Å². The first-order chi connectivity index (χ1) is 8.09. The normalized spacial score (nSPS) is 24.6. The molecule has 2 fully saturated rings. The minimum Gasteiger partial charge on any atom is -0.317 e. The Labute approximate surface area is 105 Å². The maximum atomic E-state index is 12.3. The van der Waals surface area contributed by atoms with Crippen molar-refractivity contribution < 1.29 is 8.42 Å². The highest BCUT2D eigenvalue weighted by Crippen LogP contribution is 2.26. The van der Waals surface area contributed by atoms with Gasteiger partial charge in [0.1, 0.15) is 0 Å². The largest absolute Gasteiger partial charge is 0.317 e. The predicted octanol–water partition coefficient (Wildman–Crippen LogP) is 1.19. The van der Waals surface area contributed by atoms with Gasteiger partial charge in [0, 0.05) is 13.1 Å². The number of hydrogen-bond donors (Lipinski definition) is 1. The zero-order valence-electron chi connectivity index (χ0n) is 10.7. The number of nitrogens with zero attached hydrogens (tertiary/aromatic N) is 1. The van der Waals surface area contributed by atoms with Crippen LogP contribution in [0.25, 0.3) is 0 Å². The van der Waals surface area contributed by atoms with Gasteiger partial charge in [-0.3, -0.25) is 0 Å². The molecule has 0 unspecified atom stereocenters. The van der Waals surface area contributed by atoms with E-state index in [1.165, 1.54) is 12.8 Å². The van der Waals surface area contributed by atoms with Crippen molar-refractivity contribution in [1.29, 1.82) is 0 Å². The summed E-state index contributed by atoms with van der Waals surface area (Å²) in [4.78, 5) is 0. The highest BCUT2D eigenvalue weighted by molar-refractivity contribution is 7.89. The average molecular weight is 260 g/mol. The third kappa shape index (κ3) is 3.42. The standard InChI is InChI=1S/C12H24N2O2S/c1-14(12-4-2-3-5-12)17(15,16)10-11-6-8-13-9-7-11/h11-13H,2-10H2,1H3. The summed E-state index contributed by atoms with van der Waals surface area (Å²) in [5, 5.41) is 3.28. The quantitative estimate of drug-likeness (QED) is 0.826. The number of rotatable bonds is 4. The predicted molar refractivity (Wildman–Crippen MR) is 69.4 cm³/mol. The molecule has 0 aromatic rings. The molecule has 1 N–H and O–H groups in total. The first kappa shape index (κ1) is 13.3. The van der Waals surface area contributed by atoms with Gasteiger partial charge in [-0.05, 0) is 44.7 Å². The summed E-state index contributed by atoms with van der Waals surface area (Å²) in [7, 11) is -1.27. The first-order valence-corrected chi connectivity index (χ1v) is 8.37. The first-order valence-electron chi connectivity index (χ1n) is 6.76. The van der Waals surface area contributed by atoms with Crippen LogP contribution in [0.1, 0.15) is 38.5 Å². The highest BCUT2D eigenvalue weighted by Gasteiger charge is 2.30. The van der Waals surface area contributed by atoms with E-state index in [-0.39, 0.29) is 6.04 Å². The number of sulfonamides is 1. The Hall–Kier alpha value is -0.130. The van der Waals surface area contributed by atoms with Gasteiger partial charge in [0.15, 0.2) is 0 Å². The van der Waals surface area contributed by atoms with Crippen LogP contribution in [-0.4, -0.2) is 44.7 Å². The van der Waals surface area contributed by atoms with Gasteiger partial charge in [-0.15, -0.1) is 0 Å². The Bertz CT molecular complexity index is 330. The van der Waals surface area contributed by atoms with Crippen LogP contribution in [0.3, 0.4) is 0 Å². The molecule has 0 radical (unpaired) electrons. The van der Waals surface area contributed by atoms with E-state index in [4.69, 9.17) is 0 Å². The van der Waals surface area contributed by atoms with E-state index in [9.17, 15) is 8.42 Å². The van der Waals surface area contributed by atoms with E-state index in [0.717, 1.165) is 38.8 Å². The average Bonchev–Trinajstić information content (AvgIpc) is 2.82. The molecule has 100 valence electrons. The molecule has 1 saturated carbocycles. The van der Waals surface area contributed by atoms with Crippen LogP contribution in [0.2, 0.25) is 0 Å². The number of nitrogens with one attached hydrogen (secondary N) is 1. The summed E-state index contributed by atoms with van der Waals surface area (Å²) in [6.45, 7) is 1.93. The minimum atomic E-state index is -3.04. The van der Waals surface area contributed by atoms with Gasteiger partial charge in [0.25, 0.3) is 0 Å². The lowest BCUT2D eigenvalue weighted by atomic mass is 10.0. The fraction of sp³-hybridized carbons (Fsp3) is 1.00. The van der Waals surface area contributed by atoms with E-state index in [1.54, 1.807) is 11.4 Å². The van der Waals surface area contributed by atoms with Gasteiger partial charge in [-0.25, -0.2) is 12.7 Å². The second-order valence-electron chi connectivity index (χ2n) is 5.43. The summed E-state index contributed by atoms with van der Waals surface area (Å²) < 4.78 is 26.2. The second kappa shape index (κ2) is 5.67. The molecular weight excluding hydrogens is 236 g/mol. The number of piperidine rings is 1. The van der Waals surface area contributed by atoms with Crippen molar-refractivity contribution in [1.82, 2.24) is 9.62 Å². The molecule has 1 aliphatic heterocycles. The van der Waals surface area contributed by atoms with Crippen molar-refractivity contribution in [2.24, 2.45) is 5.92 Å². The third-order valence-electron chi connectivity index (χ3n) is 4.18. The zero-order valence-corrected chi connectivity index (χ0v) is 11.5. The molecular formula is C12H24N2O2S. The molecule has 5 heteroatoms. The zero-order chi connectivity index (χ0) is 12.3. The van der Waals surface area contributed by atoms with E-state index in [2.05, 4.69) is 5.32 Å². The van der Waals surface area contributed by atoms with Crippen molar-refractivity contribution in [2.75, 3.05) is 25.9 Å². The van der Waals surface area contributed by atoms with Crippen LogP contribution in [-0.2, 0) is 10.0 Å². The topological polar surface area (TPSA) is 49.4 Å². The molecule has 17 heavy (non-hydrogen) atoms. The highest BCUT2D eigenvalue weighted by atomic mass is 32.2. The SMILES string of the molecule is CN(C1CCCC1)S(=O)(=O)CC1CCNCC1. The van der Waals surface area contributed by atoms with E-state index >= 15 is 0 Å². The molecule has 4 nitrogen and oxygen atoms in total. The van der Waals surface area contributed by atoms with Crippen LogP contribution >= 0.6 is 0 Å². The molecule has 1 saturated heterocycles. The molecule has 2 aliphatic rings. The maximum Gasteiger partial charge on any atom is 0.214 e. The van der Waals surface area contributed by atoms with Crippen LogP contribution in [0.4, 0.5) is 0 Å². The fourth-order valence-electron chi connectivity index (χ4n) is 2.96. The van der Waals surface area contributed by atoms with Crippen molar-refractivity contribution in [3.8, 4) is 0 Å². The molecule has 0 amide bonds. The van der Waals surface area contributed by atoms with Crippen LogP contribution in [0.5, 0.6) is 0 Å². The summed E-state index contributed by atoms with van der Waals surface area (Å²) in [6, 6.07) is 0.265. The Morgan fingerprint density at radius 1 is 1.12 bits per heavy atom. The van der Waals surface area contributed by atoms with Crippen molar-refractivity contribution in [3.05, 3.63) is 0 Å². The van der Waals surface area contributed by atoms with Gasteiger partial charge in [-0.1, -0.05) is 12.8 Å². The van der Waals surface area contributed by atoms with Crippen molar-refractivity contribution >= 4 is 10.0 Å². The molecule has 0 spiro atoms. The minimum absolute atomic E-state index is 0.265. The van der Waals surface area contributed by atoms with Crippen LogP contribution < -0.4 is 5.32 Å². The molecule has 0 atom stereocenters. The fourth-order valence-corrected chi connectivity index (χ4v) is 4.79. The summed E-state index contributed by atoms with van der Waals surface area (Å²) in [5.41, 5.74) is 0. The van der Waals surface area contributed by atoms with Gasteiger partial charge in [0.05, 0.1) is 5.75 Å². The van der Waals surface area contributed by atoms with Crippen LogP contribution in [0.15, 0.2) is 0 Å². The van der Waals surface area contributed by atoms with Gasteiger partial charge in [-0.2, -0.15) is 0 Å². The molecule has 1 heterocycles.